The molecule has 2 N–H and O–H groups in total. The lowest BCUT2D eigenvalue weighted by atomic mass is 10.1. The molecule has 0 aliphatic carbocycles. The van der Waals surface area contributed by atoms with E-state index >= 15 is 0 Å². The summed E-state index contributed by atoms with van der Waals surface area (Å²) in [5.74, 6) is 0. The predicted octanol–water partition coefficient (Wildman–Crippen LogP) is 2.03. The van der Waals surface area contributed by atoms with Crippen molar-refractivity contribution < 1.29 is 21.6 Å². The summed E-state index contributed by atoms with van der Waals surface area (Å²) in [4.78, 5) is -0.503. The van der Waals surface area contributed by atoms with Crippen molar-refractivity contribution in [1.82, 2.24) is 10.0 Å². The highest BCUT2D eigenvalue weighted by molar-refractivity contribution is 7.89. The molecular weight excluding hydrogens is 355 g/mol. The molecule has 1 aliphatic rings. The number of hydrogen-bond donors (Lipinski definition) is 2. The molecule has 0 spiro atoms. The van der Waals surface area contributed by atoms with Crippen molar-refractivity contribution in [2.24, 2.45) is 0 Å². The lowest BCUT2D eigenvalue weighted by Crippen LogP contribution is -2.37. The summed E-state index contributed by atoms with van der Waals surface area (Å²) in [7, 11) is -4.05. The van der Waals surface area contributed by atoms with E-state index in [1.165, 1.54) is 6.07 Å². The molecule has 1 atom stereocenters. The number of nitriles is 1. The van der Waals surface area contributed by atoms with E-state index < -0.39 is 32.2 Å². The van der Waals surface area contributed by atoms with Crippen LogP contribution >= 0.6 is 12.4 Å². The minimum absolute atomic E-state index is 0. The van der Waals surface area contributed by atoms with Gasteiger partial charge in [-0.05, 0) is 37.6 Å². The van der Waals surface area contributed by atoms with Crippen molar-refractivity contribution in [3.05, 3.63) is 29.3 Å². The van der Waals surface area contributed by atoms with Gasteiger partial charge >= 0.3 is 6.18 Å². The SMILES string of the molecule is Cl.N#Cc1ccc(S(=O)(=O)NCC2CCCN2)cc1C(F)(F)F. The molecule has 0 amide bonds. The summed E-state index contributed by atoms with van der Waals surface area (Å²) in [6.07, 6.45) is -3.05. The molecule has 1 heterocycles. The summed E-state index contributed by atoms with van der Waals surface area (Å²) in [5, 5.41) is 11.8. The fraction of sp³-hybridized carbons (Fsp3) is 0.462. The van der Waals surface area contributed by atoms with Gasteiger partial charge in [0, 0.05) is 12.6 Å². The van der Waals surface area contributed by atoms with Crippen LogP contribution in [0.1, 0.15) is 24.0 Å². The van der Waals surface area contributed by atoms with Crippen molar-refractivity contribution >= 4 is 22.4 Å². The molecule has 1 aromatic carbocycles. The van der Waals surface area contributed by atoms with Crippen LogP contribution in [0.4, 0.5) is 13.2 Å². The summed E-state index contributed by atoms with van der Waals surface area (Å²) in [6, 6.07) is 3.75. The van der Waals surface area contributed by atoms with Gasteiger partial charge < -0.3 is 5.32 Å². The Kier molecular flexibility index (Phi) is 6.41. The third kappa shape index (κ3) is 4.81. The van der Waals surface area contributed by atoms with Crippen LogP contribution in [0.5, 0.6) is 0 Å². The highest BCUT2D eigenvalue weighted by Crippen LogP contribution is 2.33. The average Bonchev–Trinajstić information content (AvgIpc) is 2.97. The lowest BCUT2D eigenvalue weighted by Gasteiger charge is -2.14. The monoisotopic (exact) mass is 369 g/mol. The Labute approximate surface area is 138 Å². The Balaban J connectivity index is 0.00000264. The topological polar surface area (TPSA) is 82.0 Å². The zero-order valence-electron chi connectivity index (χ0n) is 11.9. The third-order valence-corrected chi connectivity index (χ3v) is 4.83. The van der Waals surface area contributed by atoms with Gasteiger partial charge in [0.15, 0.2) is 0 Å². The zero-order valence-corrected chi connectivity index (χ0v) is 13.5. The van der Waals surface area contributed by atoms with Crippen molar-refractivity contribution in [2.75, 3.05) is 13.1 Å². The fourth-order valence-corrected chi connectivity index (χ4v) is 3.35. The van der Waals surface area contributed by atoms with Crippen LogP contribution in [0, 0.1) is 11.3 Å². The first-order valence-electron chi connectivity index (χ1n) is 6.58. The number of nitrogens with zero attached hydrogens (tertiary/aromatic N) is 1. The maximum Gasteiger partial charge on any atom is 0.417 e. The molecule has 128 valence electrons. The second-order valence-corrected chi connectivity index (χ2v) is 6.73. The van der Waals surface area contributed by atoms with E-state index in [-0.39, 0.29) is 25.0 Å². The first-order chi connectivity index (χ1) is 10.2. The van der Waals surface area contributed by atoms with Crippen LogP contribution in [0.2, 0.25) is 0 Å². The molecule has 23 heavy (non-hydrogen) atoms. The number of nitrogens with one attached hydrogen (secondary N) is 2. The summed E-state index contributed by atoms with van der Waals surface area (Å²) < 4.78 is 65.0. The molecule has 1 saturated heterocycles. The van der Waals surface area contributed by atoms with Gasteiger partial charge in [-0.1, -0.05) is 0 Å². The summed E-state index contributed by atoms with van der Waals surface area (Å²) in [6.45, 7) is 0.908. The number of alkyl halides is 3. The third-order valence-electron chi connectivity index (χ3n) is 3.41. The minimum atomic E-state index is -4.79. The molecular formula is C13H15ClF3N3O2S. The fourth-order valence-electron chi connectivity index (χ4n) is 2.25. The van der Waals surface area contributed by atoms with E-state index in [1.807, 2.05) is 0 Å². The van der Waals surface area contributed by atoms with E-state index in [1.54, 1.807) is 0 Å². The van der Waals surface area contributed by atoms with E-state index in [2.05, 4.69) is 10.0 Å². The average molecular weight is 370 g/mol. The quantitative estimate of drug-likeness (QED) is 0.850. The smallest absolute Gasteiger partial charge is 0.313 e. The Hall–Kier alpha value is -1.34. The van der Waals surface area contributed by atoms with Gasteiger partial charge in [0.05, 0.1) is 22.1 Å². The van der Waals surface area contributed by atoms with Crippen LogP contribution in [0.15, 0.2) is 23.1 Å². The van der Waals surface area contributed by atoms with Gasteiger partial charge in [-0.25, -0.2) is 13.1 Å². The van der Waals surface area contributed by atoms with Crippen molar-refractivity contribution in [3.8, 4) is 6.07 Å². The maximum atomic E-state index is 12.9. The summed E-state index contributed by atoms with van der Waals surface area (Å²) in [5.41, 5.74) is -1.86. The highest BCUT2D eigenvalue weighted by atomic mass is 35.5. The highest BCUT2D eigenvalue weighted by Gasteiger charge is 2.35. The number of benzene rings is 1. The van der Waals surface area contributed by atoms with Gasteiger partial charge in [-0.2, -0.15) is 18.4 Å². The van der Waals surface area contributed by atoms with Crippen LogP contribution in [0.25, 0.3) is 0 Å². The molecule has 2 rings (SSSR count). The Bertz CT molecular complexity index is 695. The molecule has 0 saturated carbocycles. The molecule has 1 aliphatic heterocycles. The second kappa shape index (κ2) is 7.49. The van der Waals surface area contributed by atoms with Gasteiger partial charge in [0.1, 0.15) is 0 Å². The van der Waals surface area contributed by atoms with Crippen molar-refractivity contribution in [1.29, 1.82) is 5.26 Å². The van der Waals surface area contributed by atoms with Gasteiger partial charge in [-0.3, -0.25) is 0 Å². The number of halogens is 4. The number of sulfonamides is 1. The first kappa shape index (κ1) is 19.7. The van der Waals surface area contributed by atoms with Gasteiger partial charge in [0.2, 0.25) is 10.0 Å². The van der Waals surface area contributed by atoms with Crippen molar-refractivity contribution in [2.45, 2.75) is 30.0 Å². The maximum absolute atomic E-state index is 12.9. The zero-order chi connectivity index (χ0) is 16.4. The minimum Gasteiger partial charge on any atom is -0.313 e. The van der Waals surface area contributed by atoms with Crippen LogP contribution in [-0.2, 0) is 16.2 Å². The molecule has 1 aromatic rings. The van der Waals surface area contributed by atoms with E-state index in [0.29, 0.717) is 6.07 Å². The Morgan fingerprint density at radius 1 is 1.39 bits per heavy atom. The van der Waals surface area contributed by atoms with Crippen LogP contribution in [-0.4, -0.2) is 27.5 Å². The molecule has 5 nitrogen and oxygen atoms in total. The van der Waals surface area contributed by atoms with E-state index in [9.17, 15) is 21.6 Å². The molecule has 0 aromatic heterocycles. The van der Waals surface area contributed by atoms with Gasteiger partial charge in [-0.15, -0.1) is 12.4 Å². The molecule has 10 heteroatoms. The summed E-state index contributed by atoms with van der Waals surface area (Å²) >= 11 is 0. The van der Waals surface area contributed by atoms with Crippen LogP contribution in [0.3, 0.4) is 0 Å². The largest absolute Gasteiger partial charge is 0.417 e. The molecule has 1 fully saturated rings. The van der Waals surface area contributed by atoms with E-state index in [4.69, 9.17) is 5.26 Å². The standard InChI is InChI=1S/C13H14F3N3O2S.ClH/c14-13(15,16)12-6-11(4-3-9(12)7-17)22(20,21)19-8-10-2-1-5-18-10;/h3-4,6,10,18-19H,1-2,5,8H2;1H. The van der Waals surface area contributed by atoms with Crippen LogP contribution < -0.4 is 10.0 Å². The normalized spacial score (nSPS) is 18.3. The predicted molar refractivity (Wildman–Crippen MR) is 79.6 cm³/mol. The Morgan fingerprint density at radius 3 is 2.61 bits per heavy atom. The number of rotatable bonds is 4. The molecule has 1 unspecified atom stereocenters. The lowest BCUT2D eigenvalue weighted by molar-refractivity contribution is -0.137. The Morgan fingerprint density at radius 2 is 2.09 bits per heavy atom. The number of hydrogen-bond acceptors (Lipinski definition) is 4. The van der Waals surface area contributed by atoms with E-state index in [0.717, 1.165) is 31.5 Å². The van der Waals surface area contributed by atoms with Crippen molar-refractivity contribution in [3.63, 3.8) is 0 Å². The molecule has 0 bridgehead atoms. The first-order valence-corrected chi connectivity index (χ1v) is 8.07. The second-order valence-electron chi connectivity index (χ2n) is 4.96. The molecule has 0 radical (unpaired) electrons. The van der Waals surface area contributed by atoms with Gasteiger partial charge in [0.25, 0.3) is 0 Å².